The molecule has 0 spiro atoms. The zero-order chi connectivity index (χ0) is 17.9. The first kappa shape index (κ1) is 17.4. The van der Waals surface area contributed by atoms with E-state index in [1.807, 2.05) is 30.3 Å². The summed E-state index contributed by atoms with van der Waals surface area (Å²) in [4.78, 5) is 8.82. The van der Waals surface area contributed by atoms with Crippen molar-refractivity contribution in [3.05, 3.63) is 66.0 Å². The molecule has 0 saturated heterocycles. The van der Waals surface area contributed by atoms with Gasteiger partial charge in [-0.1, -0.05) is 56.3 Å². The monoisotopic (exact) mass is 335 g/mol. The normalized spacial score (nSPS) is 13.0. The largest absolute Gasteiger partial charge is 0.396 e. The van der Waals surface area contributed by atoms with E-state index in [2.05, 4.69) is 54.3 Å². The third-order valence-electron chi connectivity index (χ3n) is 4.90. The molecule has 130 valence electrons. The molecular formula is C21H25N3O. The summed E-state index contributed by atoms with van der Waals surface area (Å²) in [6, 6.07) is 16.4. The number of hydrogen-bond donors (Lipinski definition) is 2. The van der Waals surface area contributed by atoms with Crippen molar-refractivity contribution in [2.45, 2.75) is 26.7 Å². The molecule has 2 N–H and O–H groups in total. The Kier molecular flexibility index (Phi) is 5.00. The summed E-state index contributed by atoms with van der Waals surface area (Å²) in [5.41, 5.74) is 3.06. The van der Waals surface area contributed by atoms with E-state index < -0.39 is 0 Å². The fourth-order valence-corrected chi connectivity index (χ4v) is 3.25. The number of nitrogens with one attached hydrogen (secondary N) is 1. The smallest absolute Gasteiger partial charge is 0.137 e. The summed E-state index contributed by atoms with van der Waals surface area (Å²) in [5, 5.41) is 14.4. The molecule has 4 nitrogen and oxygen atoms in total. The van der Waals surface area contributed by atoms with Crippen molar-refractivity contribution < 1.29 is 5.11 Å². The van der Waals surface area contributed by atoms with Crippen LogP contribution in [0.1, 0.15) is 30.9 Å². The zero-order valence-corrected chi connectivity index (χ0v) is 15.0. The molecule has 0 aliphatic heterocycles. The summed E-state index contributed by atoms with van der Waals surface area (Å²) >= 11 is 0. The van der Waals surface area contributed by atoms with Gasteiger partial charge in [-0.15, -0.1) is 0 Å². The van der Waals surface area contributed by atoms with E-state index in [-0.39, 0.29) is 17.9 Å². The number of aryl methyl sites for hydroxylation is 1. The highest BCUT2D eigenvalue weighted by molar-refractivity contribution is 5.91. The van der Waals surface area contributed by atoms with E-state index in [9.17, 15) is 5.11 Å². The molecular weight excluding hydrogens is 310 g/mol. The van der Waals surface area contributed by atoms with Crippen molar-refractivity contribution >= 4 is 16.7 Å². The first-order chi connectivity index (χ1) is 12.0. The minimum Gasteiger partial charge on any atom is -0.396 e. The fourth-order valence-electron chi connectivity index (χ4n) is 3.25. The van der Waals surface area contributed by atoms with Gasteiger partial charge in [-0.3, -0.25) is 0 Å². The molecule has 3 aromatic rings. The predicted molar refractivity (Wildman–Crippen MR) is 103 cm³/mol. The number of aliphatic hydroxyl groups excluding tert-OH is 1. The number of nitrogens with zero attached hydrogens (tertiary/aromatic N) is 2. The number of aromatic nitrogens is 2. The molecule has 0 amide bonds. The predicted octanol–water partition coefficient (Wildman–Crippen LogP) is 4.15. The molecule has 0 saturated carbocycles. The molecule has 0 aliphatic carbocycles. The highest BCUT2D eigenvalue weighted by Gasteiger charge is 2.30. The number of anilines is 1. The summed E-state index contributed by atoms with van der Waals surface area (Å²) in [5.74, 6) is 1.01. The Morgan fingerprint density at radius 2 is 1.80 bits per heavy atom. The highest BCUT2D eigenvalue weighted by Crippen LogP contribution is 2.35. The second-order valence-electron chi connectivity index (χ2n) is 7.18. The molecule has 0 radical (unpaired) electrons. The van der Waals surface area contributed by atoms with E-state index in [0.29, 0.717) is 6.54 Å². The summed E-state index contributed by atoms with van der Waals surface area (Å²) < 4.78 is 0. The molecule has 1 atom stereocenters. The first-order valence-electron chi connectivity index (χ1n) is 8.63. The SMILES string of the molecule is Cc1cccc2ncnc(NCC(c3ccccc3)C(C)(C)CO)c12. The van der Waals surface area contributed by atoms with Gasteiger partial charge in [0, 0.05) is 24.5 Å². The van der Waals surface area contributed by atoms with Crippen LogP contribution in [0.15, 0.2) is 54.9 Å². The van der Waals surface area contributed by atoms with Crippen molar-refractivity contribution in [3.63, 3.8) is 0 Å². The van der Waals surface area contributed by atoms with Crippen LogP contribution in [0.25, 0.3) is 10.9 Å². The lowest BCUT2D eigenvalue weighted by molar-refractivity contribution is 0.134. The quantitative estimate of drug-likeness (QED) is 0.710. The van der Waals surface area contributed by atoms with Gasteiger partial charge in [0.05, 0.1) is 5.52 Å². The Morgan fingerprint density at radius 1 is 1.04 bits per heavy atom. The van der Waals surface area contributed by atoms with Crippen LogP contribution in [0.2, 0.25) is 0 Å². The average Bonchev–Trinajstić information content (AvgIpc) is 2.63. The second-order valence-corrected chi connectivity index (χ2v) is 7.18. The van der Waals surface area contributed by atoms with Gasteiger partial charge >= 0.3 is 0 Å². The van der Waals surface area contributed by atoms with Crippen LogP contribution < -0.4 is 5.32 Å². The van der Waals surface area contributed by atoms with E-state index in [1.54, 1.807) is 6.33 Å². The molecule has 0 bridgehead atoms. The van der Waals surface area contributed by atoms with Gasteiger partial charge in [-0.05, 0) is 29.5 Å². The number of aliphatic hydroxyl groups is 1. The maximum absolute atomic E-state index is 9.89. The lowest BCUT2D eigenvalue weighted by Gasteiger charge is -2.33. The van der Waals surface area contributed by atoms with Gasteiger partial charge in [-0.2, -0.15) is 0 Å². The molecule has 25 heavy (non-hydrogen) atoms. The van der Waals surface area contributed by atoms with Crippen LogP contribution in [-0.4, -0.2) is 28.2 Å². The van der Waals surface area contributed by atoms with E-state index >= 15 is 0 Å². The van der Waals surface area contributed by atoms with Crippen LogP contribution >= 0.6 is 0 Å². The topological polar surface area (TPSA) is 58.0 Å². The van der Waals surface area contributed by atoms with Gasteiger partial charge in [0.2, 0.25) is 0 Å². The van der Waals surface area contributed by atoms with Crippen LogP contribution in [0, 0.1) is 12.3 Å². The fraction of sp³-hybridized carbons (Fsp3) is 0.333. The third-order valence-corrected chi connectivity index (χ3v) is 4.90. The maximum Gasteiger partial charge on any atom is 0.137 e. The Bertz CT molecular complexity index is 841. The van der Waals surface area contributed by atoms with Gasteiger partial charge in [-0.25, -0.2) is 9.97 Å². The molecule has 1 aromatic heterocycles. The minimum atomic E-state index is -0.244. The standard InChI is InChI=1S/C21H25N3O/c1-15-8-7-11-18-19(15)20(24-14-23-18)22-12-17(21(2,3)13-25)16-9-5-4-6-10-16/h4-11,14,17,25H,12-13H2,1-3H3,(H,22,23,24). The van der Waals surface area contributed by atoms with Crippen LogP contribution in [0.3, 0.4) is 0 Å². The number of hydrogen-bond acceptors (Lipinski definition) is 4. The van der Waals surface area contributed by atoms with Crippen molar-refractivity contribution in [1.82, 2.24) is 9.97 Å². The van der Waals surface area contributed by atoms with E-state index in [4.69, 9.17) is 0 Å². The molecule has 0 fully saturated rings. The number of benzene rings is 2. The van der Waals surface area contributed by atoms with Crippen molar-refractivity contribution in [2.75, 3.05) is 18.5 Å². The van der Waals surface area contributed by atoms with Gasteiger partial charge in [0.15, 0.2) is 0 Å². The van der Waals surface area contributed by atoms with Gasteiger partial charge in [0.25, 0.3) is 0 Å². The van der Waals surface area contributed by atoms with Gasteiger partial charge in [0.1, 0.15) is 12.1 Å². The van der Waals surface area contributed by atoms with Crippen molar-refractivity contribution in [3.8, 4) is 0 Å². The Hall–Kier alpha value is -2.46. The van der Waals surface area contributed by atoms with Crippen molar-refractivity contribution in [2.24, 2.45) is 5.41 Å². The lowest BCUT2D eigenvalue weighted by atomic mass is 9.75. The molecule has 3 rings (SSSR count). The zero-order valence-electron chi connectivity index (χ0n) is 15.0. The van der Waals surface area contributed by atoms with Gasteiger partial charge < -0.3 is 10.4 Å². The third kappa shape index (κ3) is 3.64. The average molecular weight is 335 g/mol. The van der Waals surface area contributed by atoms with E-state index in [0.717, 1.165) is 22.3 Å². The summed E-state index contributed by atoms with van der Waals surface area (Å²) in [6.45, 7) is 7.07. The number of fused-ring (bicyclic) bond motifs is 1. The van der Waals surface area contributed by atoms with Crippen LogP contribution in [0.4, 0.5) is 5.82 Å². The number of rotatable bonds is 6. The van der Waals surface area contributed by atoms with Crippen LogP contribution in [0.5, 0.6) is 0 Å². The molecule has 4 heteroatoms. The first-order valence-corrected chi connectivity index (χ1v) is 8.63. The van der Waals surface area contributed by atoms with Crippen molar-refractivity contribution in [1.29, 1.82) is 0 Å². The lowest BCUT2D eigenvalue weighted by Crippen LogP contribution is -2.31. The van der Waals surface area contributed by atoms with Crippen LogP contribution in [-0.2, 0) is 0 Å². The maximum atomic E-state index is 9.89. The molecule has 1 unspecified atom stereocenters. The second kappa shape index (κ2) is 7.19. The Labute approximate surface area is 149 Å². The Morgan fingerprint density at radius 3 is 2.52 bits per heavy atom. The molecule has 2 aromatic carbocycles. The summed E-state index contributed by atoms with van der Waals surface area (Å²) in [7, 11) is 0. The minimum absolute atomic E-state index is 0.123. The Balaban J connectivity index is 1.92. The molecule has 1 heterocycles. The summed E-state index contributed by atoms with van der Waals surface area (Å²) in [6.07, 6.45) is 1.60. The molecule has 0 aliphatic rings. The van der Waals surface area contributed by atoms with E-state index in [1.165, 1.54) is 5.56 Å². The highest BCUT2D eigenvalue weighted by atomic mass is 16.3.